The van der Waals surface area contributed by atoms with Gasteiger partial charge in [0.2, 0.25) is 0 Å². The number of nitrogens with zero attached hydrogens (tertiary/aromatic N) is 1. The summed E-state index contributed by atoms with van der Waals surface area (Å²) in [5.41, 5.74) is 2.88. The predicted molar refractivity (Wildman–Crippen MR) is 67.2 cm³/mol. The molecule has 0 aliphatic heterocycles. The molecular weight excluding hydrogens is 182 g/mol. The van der Waals surface area contributed by atoms with Crippen LogP contribution in [0.15, 0.2) is 24.3 Å². The van der Waals surface area contributed by atoms with Crippen LogP contribution in [0, 0.1) is 0 Å². The van der Waals surface area contributed by atoms with E-state index in [4.69, 9.17) is 0 Å². The maximum Gasteiger partial charge on any atom is 0.0233 e. The summed E-state index contributed by atoms with van der Waals surface area (Å²) in [6, 6.07) is 8.96. The second-order valence-corrected chi connectivity index (χ2v) is 4.36. The zero-order chi connectivity index (χ0) is 11.3. The van der Waals surface area contributed by atoms with Gasteiger partial charge in [0, 0.05) is 6.54 Å². The van der Waals surface area contributed by atoms with E-state index in [-0.39, 0.29) is 0 Å². The molecule has 0 radical (unpaired) electrons. The second kappa shape index (κ2) is 5.92. The third kappa shape index (κ3) is 3.67. The van der Waals surface area contributed by atoms with Gasteiger partial charge in [-0.1, -0.05) is 52.0 Å². The van der Waals surface area contributed by atoms with Crippen molar-refractivity contribution in [2.75, 3.05) is 13.1 Å². The van der Waals surface area contributed by atoms with Crippen molar-refractivity contribution in [2.24, 2.45) is 0 Å². The van der Waals surface area contributed by atoms with E-state index in [9.17, 15) is 0 Å². The molecule has 0 saturated heterocycles. The Labute approximate surface area is 94.1 Å². The van der Waals surface area contributed by atoms with Crippen molar-refractivity contribution in [1.82, 2.24) is 4.90 Å². The predicted octanol–water partition coefficient (Wildman–Crippen LogP) is 3.65. The molecule has 0 saturated carbocycles. The molecule has 1 heteroatoms. The smallest absolute Gasteiger partial charge is 0.0233 e. The Morgan fingerprint density at radius 3 is 2.33 bits per heavy atom. The van der Waals surface area contributed by atoms with Crippen LogP contribution in [0.2, 0.25) is 0 Å². The molecule has 0 heterocycles. The highest BCUT2D eigenvalue weighted by Gasteiger charge is 2.03. The first kappa shape index (κ1) is 12.3. The van der Waals surface area contributed by atoms with Crippen LogP contribution in [0.3, 0.4) is 0 Å². The van der Waals surface area contributed by atoms with Gasteiger partial charge in [-0.2, -0.15) is 0 Å². The van der Waals surface area contributed by atoms with Gasteiger partial charge in [0.15, 0.2) is 0 Å². The van der Waals surface area contributed by atoms with Crippen LogP contribution in [0.1, 0.15) is 44.7 Å². The van der Waals surface area contributed by atoms with Gasteiger partial charge in [-0.15, -0.1) is 0 Å². The molecule has 0 unspecified atom stereocenters. The molecule has 1 aromatic rings. The first-order chi connectivity index (χ1) is 7.17. The highest BCUT2D eigenvalue weighted by molar-refractivity contribution is 5.25. The van der Waals surface area contributed by atoms with Crippen LogP contribution in [0.25, 0.3) is 0 Å². The third-order valence-electron chi connectivity index (χ3n) is 2.92. The zero-order valence-electron chi connectivity index (χ0n) is 10.5. The lowest BCUT2D eigenvalue weighted by atomic mass is 10.0. The lowest BCUT2D eigenvalue weighted by Gasteiger charge is -2.18. The van der Waals surface area contributed by atoms with Crippen molar-refractivity contribution in [3.8, 4) is 0 Å². The van der Waals surface area contributed by atoms with Crippen LogP contribution in [0.5, 0.6) is 0 Å². The van der Waals surface area contributed by atoms with E-state index in [0.29, 0.717) is 5.92 Å². The summed E-state index contributed by atoms with van der Waals surface area (Å²) in [6.45, 7) is 12.3. The zero-order valence-corrected chi connectivity index (χ0v) is 10.5. The molecule has 0 spiro atoms. The summed E-state index contributed by atoms with van der Waals surface area (Å²) >= 11 is 0. The summed E-state index contributed by atoms with van der Waals surface area (Å²) in [7, 11) is 0. The highest BCUT2D eigenvalue weighted by Crippen LogP contribution is 2.16. The molecule has 1 nitrogen and oxygen atoms in total. The SMILES string of the molecule is CCN(CC)Cc1cccc(C(C)C)c1. The first-order valence-electron chi connectivity index (χ1n) is 5.98. The Bertz CT molecular complexity index is 287. The summed E-state index contributed by atoms with van der Waals surface area (Å²) < 4.78 is 0. The molecule has 0 aliphatic rings. The minimum atomic E-state index is 0.627. The third-order valence-corrected chi connectivity index (χ3v) is 2.92. The van der Waals surface area contributed by atoms with Gasteiger partial charge in [-0.3, -0.25) is 4.90 Å². The fourth-order valence-electron chi connectivity index (χ4n) is 1.76. The van der Waals surface area contributed by atoms with Crippen molar-refractivity contribution >= 4 is 0 Å². The van der Waals surface area contributed by atoms with E-state index in [2.05, 4.69) is 56.9 Å². The quantitative estimate of drug-likeness (QED) is 0.709. The largest absolute Gasteiger partial charge is 0.300 e. The van der Waals surface area contributed by atoms with Crippen molar-refractivity contribution in [3.05, 3.63) is 35.4 Å². The molecule has 0 bridgehead atoms. The number of rotatable bonds is 5. The van der Waals surface area contributed by atoms with Crippen LogP contribution in [-0.2, 0) is 6.54 Å². The standard InChI is InChI=1S/C14H23N/c1-5-15(6-2)11-13-8-7-9-14(10-13)12(3)4/h7-10,12H,5-6,11H2,1-4H3. The maximum absolute atomic E-state index is 2.44. The molecule has 0 aliphatic carbocycles. The van der Waals surface area contributed by atoms with Crippen LogP contribution >= 0.6 is 0 Å². The van der Waals surface area contributed by atoms with Gasteiger partial charge in [0.05, 0.1) is 0 Å². The molecule has 0 fully saturated rings. The van der Waals surface area contributed by atoms with Gasteiger partial charge in [-0.25, -0.2) is 0 Å². The average molecular weight is 205 g/mol. The average Bonchev–Trinajstić information content (AvgIpc) is 2.26. The molecular formula is C14H23N. The lowest BCUT2D eigenvalue weighted by molar-refractivity contribution is 0.296. The van der Waals surface area contributed by atoms with Crippen molar-refractivity contribution in [1.29, 1.82) is 0 Å². The van der Waals surface area contributed by atoms with Crippen molar-refractivity contribution in [2.45, 2.75) is 40.2 Å². The van der Waals surface area contributed by atoms with E-state index < -0.39 is 0 Å². The van der Waals surface area contributed by atoms with Crippen molar-refractivity contribution < 1.29 is 0 Å². The molecule has 1 aromatic carbocycles. The Morgan fingerprint density at radius 2 is 1.80 bits per heavy atom. The van der Waals surface area contributed by atoms with Gasteiger partial charge in [-0.05, 0) is 30.1 Å². The molecule has 0 N–H and O–H groups in total. The minimum absolute atomic E-state index is 0.627. The molecule has 0 amide bonds. The molecule has 1 rings (SSSR count). The Balaban J connectivity index is 2.72. The summed E-state index contributed by atoms with van der Waals surface area (Å²) in [5, 5.41) is 0. The van der Waals surface area contributed by atoms with Crippen LogP contribution in [0.4, 0.5) is 0 Å². The number of hydrogen-bond acceptors (Lipinski definition) is 1. The molecule has 0 aromatic heterocycles. The van der Waals surface area contributed by atoms with Gasteiger partial charge in [0.1, 0.15) is 0 Å². The topological polar surface area (TPSA) is 3.24 Å². The number of benzene rings is 1. The Hall–Kier alpha value is -0.820. The normalized spacial score (nSPS) is 11.3. The fourth-order valence-corrected chi connectivity index (χ4v) is 1.76. The molecule has 84 valence electrons. The molecule has 15 heavy (non-hydrogen) atoms. The van der Waals surface area contributed by atoms with E-state index in [1.807, 2.05) is 0 Å². The first-order valence-corrected chi connectivity index (χ1v) is 5.98. The lowest BCUT2D eigenvalue weighted by Crippen LogP contribution is -2.22. The van der Waals surface area contributed by atoms with Crippen LogP contribution in [-0.4, -0.2) is 18.0 Å². The van der Waals surface area contributed by atoms with E-state index in [1.165, 1.54) is 11.1 Å². The minimum Gasteiger partial charge on any atom is -0.300 e. The monoisotopic (exact) mass is 205 g/mol. The summed E-state index contributed by atoms with van der Waals surface area (Å²) in [4.78, 5) is 2.44. The number of hydrogen-bond donors (Lipinski definition) is 0. The van der Waals surface area contributed by atoms with Gasteiger partial charge >= 0.3 is 0 Å². The van der Waals surface area contributed by atoms with Crippen LogP contribution < -0.4 is 0 Å². The van der Waals surface area contributed by atoms with E-state index in [1.54, 1.807) is 0 Å². The van der Waals surface area contributed by atoms with Gasteiger partial charge < -0.3 is 0 Å². The maximum atomic E-state index is 2.44. The van der Waals surface area contributed by atoms with Crippen molar-refractivity contribution in [3.63, 3.8) is 0 Å². The van der Waals surface area contributed by atoms with E-state index >= 15 is 0 Å². The summed E-state index contributed by atoms with van der Waals surface area (Å²) in [5.74, 6) is 0.627. The van der Waals surface area contributed by atoms with Gasteiger partial charge in [0.25, 0.3) is 0 Å². The Kier molecular flexibility index (Phi) is 4.83. The van der Waals surface area contributed by atoms with E-state index in [0.717, 1.165) is 19.6 Å². The Morgan fingerprint density at radius 1 is 1.13 bits per heavy atom. The second-order valence-electron chi connectivity index (χ2n) is 4.36. The fraction of sp³-hybridized carbons (Fsp3) is 0.571. The summed E-state index contributed by atoms with van der Waals surface area (Å²) in [6.07, 6.45) is 0. The molecule has 0 atom stereocenters. The highest BCUT2D eigenvalue weighted by atomic mass is 15.1.